The van der Waals surface area contributed by atoms with Crippen LogP contribution in [0.4, 0.5) is 20.6 Å². The number of carbonyl (C=O) groups is 2. The molecule has 2 atom stereocenters. The average Bonchev–Trinajstić information content (AvgIpc) is 3.79. The molecule has 1 aromatic heterocycles. The lowest BCUT2D eigenvalue weighted by atomic mass is 9.92. The van der Waals surface area contributed by atoms with Crippen LogP contribution in [0.5, 0.6) is 5.75 Å². The molecule has 3 amide bonds. The van der Waals surface area contributed by atoms with Crippen LogP contribution in [0.3, 0.4) is 0 Å². The van der Waals surface area contributed by atoms with Crippen LogP contribution in [0.25, 0.3) is 10.9 Å². The third kappa shape index (κ3) is 7.28. The van der Waals surface area contributed by atoms with Gasteiger partial charge in [0.25, 0.3) is 0 Å². The first-order valence-electron chi connectivity index (χ1n) is 16.1. The molecule has 2 fully saturated rings. The number of hydrogen-bond donors (Lipinski definition) is 3. The molecule has 3 N–H and O–H groups in total. The van der Waals surface area contributed by atoms with Crippen LogP contribution in [-0.4, -0.2) is 79.6 Å². The van der Waals surface area contributed by atoms with Crippen LogP contribution in [0, 0.1) is 11.7 Å². The minimum Gasteiger partial charge on any atom is -0.491 e. The van der Waals surface area contributed by atoms with Crippen molar-refractivity contribution in [2.24, 2.45) is 5.92 Å². The molecule has 242 valence electrons. The normalized spacial score (nSPS) is 16.4. The van der Waals surface area contributed by atoms with Gasteiger partial charge in [-0.05, 0) is 74.3 Å². The van der Waals surface area contributed by atoms with E-state index < -0.39 is 6.04 Å². The number of urea groups is 1. The Morgan fingerprint density at radius 2 is 1.76 bits per heavy atom. The summed E-state index contributed by atoms with van der Waals surface area (Å²) in [5, 5.41) is 7.20. The highest BCUT2D eigenvalue weighted by molar-refractivity contribution is 5.99. The van der Waals surface area contributed by atoms with Crippen LogP contribution < -0.4 is 20.3 Å². The van der Waals surface area contributed by atoms with Gasteiger partial charge in [-0.3, -0.25) is 4.79 Å². The summed E-state index contributed by atoms with van der Waals surface area (Å²) in [6.45, 7) is 5.07. The number of anilines is 2. The number of halogens is 1. The number of piperazine rings is 1. The first kappa shape index (κ1) is 31.4. The number of carbonyl (C=O) groups excluding carboxylic acids is 2. The van der Waals surface area contributed by atoms with E-state index in [2.05, 4.69) is 20.5 Å². The van der Waals surface area contributed by atoms with Crippen molar-refractivity contribution in [1.29, 1.82) is 0 Å². The van der Waals surface area contributed by atoms with Crippen molar-refractivity contribution >= 4 is 34.2 Å². The highest BCUT2D eigenvalue weighted by Crippen LogP contribution is 2.34. The molecule has 1 aliphatic heterocycles. The maximum absolute atomic E-state index is 14.4. The second-order valence-electron chi connectivity index (χ2n) is 12.7. The van der Waals surface area contributed by atoms with E-state index in [9.17, 15) is 14.0 Å². The number of ether oxygens (including phenoxy) is 1. The maximum Gasteiger partial charge on any atom is 0.318 e. The van der Waals surface area contributed by atoms with Crippen molar-refractivity contribution in [2.75, 3.05) is 57.1 Å². The second-order valence-corrected chi connectivity index (χ2v) is 12.7. The topological polar surface area (TPSA) is 92.9 Å². The van der Waals surface area contributed by atoms with E-state index in [0.29, 0.717) is 62.4 Å². The Kier molecular flexibility index (Phi) is 9.44. The largest absolute Gasteiger partial charge is 0.491 e. The molecule has 10 heteroatoms. The Balaban J connectivity index is 1.23. The van der Waals surface area contributed by atoms with Gasteiger partial charge in [0, 0.05) is 55.7 Å². The van der Waals surface area contributed by atoms with Crippen molar-refractivity contribution in [3.8, 4) is 5.75 Å². The van der Waals surface area contributed by atoms with Gasteiger partial charge in [-0.25, -0.2) is 9.18 Å². The number of nitrogens with zero attached hydrogens (tertiary/aromatic N) is 3. The monoisotopic (exact) mass is 626 g/mol. The number of aromatic nitrogens is 1. The molecule has 4 aromatic rings. The van der Waals surface area contributed by atoms with Gasteiger partial charge in [-0.1, -0.05) is 43.3 Å². The van der Waals surface area contributed by atoms with Gasteiger partial charge in [0.2, 0.25) is 5.91 Å². The number of rotatable bonds is 11. The first-order chi connectivity index (χ1) is 22.3. The van der Waals surface area contributed by atoms with Gasteiger partial charge >= 0.3 is 6.03 Å². The summed E-state index contributed by atoms with van der Waals surface area (Å²) in [6, 6.07) is 19.3. The molecule has 0 bridgehead atoms. The predicted octanol–water partition coefficient (Wildman–Crippen LogP) is 5.80. The number of fused-ring (bicyclic) bond motifs is 1. The minimum atomic E-state index is -0.884. The molecule has 0 radical (unpaired) electrons. The molecule has 1 saturated heterocycles. The average molecular weight is 627 g/mol. The van der Waals surface area contributed by atoms with Crippen LogP contribution in [0.2, 0.25) is 0 Å². The molecule has 2 aliphatic rings. The zero-order valence-corrected chi connectivity index (χ0v) is 26.8. The van der Waals surface area contributed by atoms with E-state index in [-0.39, 0.29) is 23.7 Å². The van der Waals surface area contributed by atoms with Crippen LogP contribution in [0.15, 0.2) is 72.9 Å². The van der Waals surface area contributed by atoms with Gasteiger partial charge in [0.1, 0.15) is 17.6 Å². The van der Waals surface area contributed by atoms with Crippen molar-refractivity contribution in [2.45, 2.75) is 38.3 Å². The third-order valence-electron chi connectivity index (χ3n) is 8.91. The predicted molar refractivity (Wildman–Crippen MR) is 180 cm³/mol. The maximum atomic E-state index is 14.4. The fraction of sp³-hybridized carbons (Fsp3) is 0.389. The molecular weight excluding hydrogens is 583 g/mol. The van der Waals surface area contributed by atoms with Gasteiger partial charge in [0.15, 0.2) is 0 Å². The summed E-state index contributed by atoms with van der Waals surface area (Å²) in [6.07, 6.45) is 4.23. The number of hydrogen-bond acceptors (Lipinski definition) is 5. The summed E-state index contributed by atoms with van der Waals surface area (Å²) in [7, 11) is 4.00. The Bertz CT molecular complexity index is 1680. The molecule has 3 aromatic carbocycles. The van der Waals surface area contributed by atoms with Crippen LogP contribution in [-0.2, 0) is 11.3 Å². The summed E-state index contributed by atoms with van der Waals surface area (Å²) < 4.78 is 20.6. The molecule has 2 unspecified atom stereocenters. The van der Waals surface area contributed by atoms with Crippen molar-refractivity contribution in [3.05, 3.63) is 89.9 Å². The van der Waals surface area contributed by atoms with Crippen molar-refractivity contribution < 1.29 is 18.7 Å². The second kappa shape index (κ2) is 13.8. The standard InChI is InChI=1S/C36H43FN6O3/c1-24(28-21-38-30-10-6-4-8-27(28)30)34(40-36(45)43-18-16-42(17-19-43)32-11-7-5-9-29(32)37)35(44)39-31-20-26(22-41(2)3)14-15-33(31)46-23-25-12-13-25/h4-11,14-15,20-21,24-25,34,38H,12-13,16-19,22-23H2,1-3H3,(H,39,44)(H,40,45). The van der Waals surface area contributed by atoms with Gasteiger partial charge in [-0.15, -0.1) is 0 Å². The van der Waals surface area contributed by atoms with Gasteiger partial charge in [0.05, 0.1) is 18.0 Å². The highest BCUT2D eigenvalue weighted by Gasteiger charge is 2.33. The van der Waals surface area contributed by atoms with E-state index in [1.165, 1.54) is 6.07 Å². The summed E-state index contributed by atoms with van der Waals surface area (Å²) in [5.74, 6) is 0.212. The Hall–Kier alpha value is -4.57. The van der Waals surface area contributed by atoms with E-state index >= 15 is 0 Å². The van der Waals surface area contributed by atoms with Crippen LogP contribution in [0.1, 0.15) is 36.8 Å². The fourth-order valence-electron chi connectivity index (χ4n) is 6.12. The first-order valence-corrected chi connectivity index (χ1v) is 16.1. The Morgan fingerprint density at radius 3 is 2.50 bits per heavy atom. The quantitative estimate of drug-likeness (QED) is 0.196. The molecule has 0 spiro atoms. The zero-order valence-electron chi connectivity index (χ0n) is 26.8. The Labute approximate surface area is 269 Å². The van der Waals surface area contributed by atoms with Gasteiger partial charge in [-0.2, -0.15) is 0 Å². The smallest absolute Gasteiger partial charge is 0.318 e. The molecule has 9 nitrogen and oxygen atoms in total. The summed E-state index contributed by atoms with van der Waals surface area (Å²) >= 11 is 0. The van der Waals surface area contributed by atoms with E-state index in [0.717, 1.165) is 34.9 Å². The van der Waals surface area contributed by atoms with E-state index in [1.807, 2.05) is 80.6 Å². The van der Waals surface area contributed by atoms with Crippen LogP contribution >= 0.6 is 0 Å². The lowest BCUT2D eigenvalue weighted by Gasteiger charge is -2.37. The molecule has 2 heterocycles. The summed E-state index contributed by atoms with van der Waals surface area (Å²) in [4.78, 5) is 37.0. The van der Waals surface area contributed by atoms with Gasteiger partial charge < -0.3 is 35.1 Å². The number of amides is 3. The van der Waals surface area contributed by atoms with E-state index in [1.54, 1.807) is 17.0 Å². The molecule has 46 heavy (non-hydrogen) atoms. The molecule has 1 saturated carbocycles. The number of aromatic amines is 1. The molecule has 1 aliphatic carbocycles. The number of nitrogens with one attached hydrogen (secondary N) is 3. The zero-order chi connectivity index (χ0) is 32.2. The lowest BCUT2D eigenvalue weighted by Crippen LogP contribution is -2.56. The fourth-order valence-corrected chi connectivity index (χ4v) is 6.12. The third-order valence-corrected chi connectivity index (χ3v) is 8.91. The lowest BCUT2D eigenvalue weighted by molar-refractivity contribution is -0.118. The highest BCUT2D eigenvalue weighted by atomic mass is 19.1. The number of H-pyrrole nitrogens is 1. The SMILES string of the molecule is CC(c1c[nH]c2ccccc12)C(NC(=O)N1CCN(c2ccccc2F)CC1)C(=O)Nc1cc(CN(C)C)ccc1OCC1CC1. The van der Waals surface area contributed by atoms with E-state index in [4.69, 9.17) is 4.74 Å². The summed E-state index contributed by atoms with van der Waals surface area (Å²) in [5.41, 5.74) is 4.06. The number of benzene rings is 3. The molecule has 6 rings (SSSR count). The Morgan fingerprint density at radius 1 is 1.02 bits per heavy atom. The van der Waals surface area contributed by atoms with Crippen molar-refractivity contribution in [3.63, 3.8) is 0 Å². The minimum absolute atomic E-state index is 0.278. The van der Waals surface area contributed by atoms with Crippen molar-refractivity contribution in [1.82, 2.24) is 20.1 Å². The number of para-hydroxylation sites is 2. The molecular formula is C36H43FN6O3.